The normalized spacial score (nSPS) is 14.4. The summed E-state index contributed by atoms with van der Waals surface area (Å²) in [5.74, 6) is -0.767. The first-order valence-electron chi connectivity index (χ1n) is 11.3. The van der Waals surface area contributed by atoms with Gasteiger partial charge in [0.25, 0.3) is 5.91 Å². The number of sulfonamides is 1. The van der Waals surface area contributed by atoms with Crippen molar-refractivity contribution in [3.05, 3.63) is 63.5 Å². The molecule has 0 atom stereocenters. The predicted octanol–water partition coefficient (Wildman–Crippen LogP) is 3.02. The van der Waals surface area contributed by atoms with Crippen molar-refractivity contribution < 1.29 is 22.4 Å². The molecule has 0 spiro atoms. The maximum absolute atomic E-state index is 13.1. The Hall–Kier alpha value is -2.78. The molecule has 0 saturated carbocycles. The number of nitrogens with zero attached hydrogens (tertiary/aromatic N) is 2. The number of benzene rings is 2. The molecule has 1 aliphatic rings. The van der Waals surface area contributed by atoms with E-state index in [0.29, 0.717) is 31.7 Å². The van der Waals surface area contributed by atoms with Crippen LogP contribution in [0.5, 0.6) is 0 Å². The number of nitrogens with one attached hydrogen (secondary N) is 1. The molecule has 0 aliphatic carbocycles. The maximum Gasteiger partial charge on any atom is 0.253 e. The number of halogens is 1. The fraction of sp³-hybridized carbons (Fsp3) is 0.440. The van der Waals surface area contributed by atoms with Crippen molar-refractivity contribution >= 4 is 21.8 Å². The quantitative estimate of drug-likeness (QED) is 0.676. The lowest BCUT2D eigenvalue weighted by atomic mass is 9.95. The molecule has 34 heavy (non-hydrogen) atoms. The smallest absolute Gasteiger partial charge is 0.253 e. The minimum Gasteiger partial charge on any atom is -0.339 e. The zero-order valence-electron chi connectivity index (χ0n) is 20.4. The van der Waals surface area contributed by atoms with Crippen LogP contribution in [0.2, 0.25) is 0 Å². The highest BCUT2D eigenvalue weighted by Crippen LogP contribution is 2.29. The van der Waals surface area contributed by atoms with E-state index in [1.54, 1.807) is 23.6 Å². The average Bonchev–Trinajstić information content (AvgIpc) is 2.81. The van der Waals surface area contributed by atoms with Gasteiger partial charge in [-0.15, -0.1) is 0 Å². The van der Waals surface area contributed by atoms with Gasteiger partial charge in [0.2, 0.25) is 15.9 Å². The van der Waals surface area contributed by atoms with Crippen molar-refractivity contribution in [2.75, 3.05) is 32.7 Å². The standard InChI is InChI=1S/C25H32FN3O4S/c1-16-17(2)19(4)24(20(5)18(16)3)34(32,33)27-11-10-23(30)28-12-14-29(15-13-28)25(31)21-6-8-22(26)9-7-21/h6-9,27H,10-15H2,1-5H3. The average molecular weight is 490 g/mol. The van der Waals surface area contributed by atoms with Gasteiger partial charge < -0.3 is 9.80 Å². The molecule has 1 heterocycles. The van der Waals surface area contributed by atoms with Crippen LogP contribution in [0.4, 0.5) is 4.39 Å². The van der Waals surface area contributed by atoms with Gasteiger partial charge in [0, 0.05) is 44.7 Å². The Morgan fingerprint density at radius 2 is 1.29 bits per heavy atom. The highest BCUT2D eigenvalue weighted by atomic mass is 32.2. The molecular formula is C25H32FN3O4S. The van der Waals surface area contributed by atoms with E-state index < -0.39 is 15.8 Å². The van der Waals surface area contributed by atoms with Crippen LogP contribution >= 0.6 is 0 Å². The number of carbonyl (C=O) groups excluding carboxylic acids is 2. The summed E-state index contributed by atoms with van der Waals surface area (Å²) in [4.78, 5) is 28.7. The summed E-state index contributed by atoms with van der Waals surface area (Å²) in [6.45, 7) is 10.9. The summed E-state index contributed by atoms with van der Waals surface area (Å²) >= 11 is 0. The summed E-state index contributed by atoms with van der Waals surface area (Å²) in [6, 6.07) is 5.39. The van der Waals surface area contributed by atoms with E-state index >= 15 is 0 Å². The van der Waals surface area contributed by atoms with Crippen LogP contribution in [0.15, 0.2) is 29.2 Å². The first-order chi connectivity index (χ1) is 15.9. The molecule has 0 bridgehead atoms. The van der Waals surface area contributed by atoms with Crippen LogP contribution in [0, 0.1) is 40.4 Å². The van der Waals surface area contributed by atoms with Crippen molar-refractivity contribution in [3.8, 4) is 0 Å². The molecule has 184 valence electrons. The van der Waals surface area contributed by atoms with E-state index in [0.717, 1.165) is 27.8 Å². The van der Waals surface area contributed by atoms with E-state index in [1.807, 2.05) is 20.8 Å². The molecule has 1 saturated heterocycles. The summed E-state index contributed by atoms with van der Waals surface area (Å²) in [6.07, 6.45) is 0.0348. The molecule has 0 radical (unpaired) electrons. The van der Waals surface area contributed by atoms with E-state index in [9.17, 15) is 22.4 Å². The zero-order chi connectivity index (χ0) is 25.2. The van der Waals surface area contributed by atoms with Gasteiger partial charge in [-0.05, 0) is 86.7 Å². The van der Waals surface area contributed by atoms with Gasteiger partial charge in [-0.25, -0.2) is 17.5 Å². The number of hydrogen-bond acceptors (Lipinski definition) is 4. The predicted molar refractivity (Wildman–Crippen MR) is 129 cm³/mol. The molecule has 2 aromatic rings. The van der Waals surface area contributed by atoms with E-state index in [-0.39, 0.29) is 29.7 Å². The van der Waals surface area contributed by atoms with Gasteiger partial charge in [0.05, 0.1) is 4.90 Å². The molecule has 0 aromatic heterocycles. The lowest BCUT2D eigenvalue weighted by Crippen LogP contribution is -2.51. The van der Waals surface area contributed by atoms with Crippen LogP contribution < -0.4 is 4.72 Å². The maximum atomic E-state index is 13.1. The molecule has 1 fully saturated rings. The van der Waals surface area contributed by atoms with E-state index in [2.05, 4.69) is 4.72 Å². The van der Waals surface area contributed by atoms with Crippen molar-refractivity contribution in [1.29, 1.82) is 0 Å². The van der Waals surface area contributed by atoms with Gasteiger partial charge in [-0.2, -0.15) is 0 Å². The molecule has 7 nitrogen and oxygen atoms in total. The zero-order valence-corrected chi connectivity index (χ0v) is 21.2. The van der Waals surface area contributed by atoms with Crippen LogP contribution in [0.1, 0.15) is 44.6 Å². The minimum absolute atomic E-state index is 0.000737. The molecular weight excluding hydrogens is 457 g/mol. The van der Waals surface area contributed by atoms with Gasteiger partial charge in [0.1, 0.15) is 5.82 Å². The third-order valence-electron chi connectivity index (χ3n) is 6.84. The van der Waals surface area contributed by atoms with Gasteiger partial charge in [0.15, 0.2) is 0 Å². The van der Waals surface area contributed by atoms with Crippen molar-refractivity contribution in [2.24, 2.45) is 0 Å². The summed E-state index contributed by atoms with van der Waals surface area (Å²) in [5, 5.41) is 0. The molecule has 9 heteroatoms. The lowest BCUT2D eigenvalue weighted by Gasteiger charge is -2.35. The Balaban J connectivity index is 1.55. The number of piperazine rings is 1. The Bertz CT molecular complexity index is 1170. The van der Waals surface area contributed by atoms with Crippen LogP contribution in [0.3, 0.4) is 0 Å². The van der Waals surface area contributed by atoms with Crippen molar-refractivity contribution in [2.45, 2.75) is 45.9 Å². The molecule has 3 rings (SSSR count). The number of carbonyl (C=O) groups is 2. The van der Waals surface area contributed by atoms with Crippen molar-refractivity contribution in [3.63, 3.8) is 0 Å². The second-order valence-corrected chi connectivity index (χ2v) is 10.5. The molecule has 1 N–H and O–H groups in total. The highest BCUT2D eigenvalue weighted by molar-refractivity contribution is 7.89. The summed E-state index contributed by atoms with van der Waals surface area (Å²) in [5.41, 5.74) is 4.84. The first kappa shape index (κ1) is 25.8. The Labute approximate surface area is 201 Å². The fourth-order valence-corrected chi connectivity index (χ4v) is 5.95. The summed E-state index contributed by atoms with van der Waals surface area (Å²) < 4.78 is 41.7. The molecule has 2 aromatic carbocycles. The van der Waals surface area contributed by atoms with Gasteiger partial charge >= 0.3 is 0 Å². The topological polar surface area (TPSA) is 86.8 Å². The Kier molecular flexibility index (Phi) is 7.77. The van der Waals surface area contributed by atoms with Crippen molar-refractivity contribution in [1.82, 2.24) is 14.5 Å². The monoisotopic (exact) mass is 489 g/mol. The SMILES string of the molecule is Cc1c(C)c(C)c(S(=O)(=O)NCCC(=O)N2CCN(C(=O)c3ccc(F)cc3)CC2)c(C)c1C. The van der Waals surface area contributed by atoms with Crippen LogP contribution in [-0.2, 0) is 14.8 Å². The molecule has 2 amide bonds. The number of amides is 2. The van der Waals surface area contributed by atoms with Gasteiger partial charge in [-0.3, -0.25) is 9.59 Å². The van der Waals surface area contributed by atoms with Crippen LogP contribution in [0.25, 0.3) is 0 Å². The minimum atomic E-state index is -3.76. The second kappa shape index (κ2) is 10.2. The first-order valence-corrected chi connectivity index (χ1v) is 12.8. The fourth-order valence-electron chi connectivity index (χ4n) is 4.33. The Morgan fingerprint density at radius 3 is 1.82 bits per heavy atom. The van der Waals surface area contributed by atoms with Crippen LogP contribution in [-0.4, -0.2) is 62.8 Å². The summed E-state index contributed by atoms with van der Waals surface area (Å²) in [7, 11) is -3.76. The lowest BCUT2D eigenvalue weighted by molar-refractivity contribution is -0.132. The molecule has 0 unspecified atom stereocenters. The second-order valence-electron chi connectivity index (χ2n) is 8.78. The third kappa shape index (κ3) is 5.31. The third-order valence-corrected chi connectivity index (χ3v) is 8.58. The van der Waals surface area contributed by atoms with Gasteiger partial charge in [-0.1, -0.05) is 0 Å². The van der Waals surface area contributed by atoms with E-state index in [1.165, 1.54) is 24.3 Å². The number of hydrogen-bond donors (Lipinski definition) is 1. The highest BCUT2D eigenvalue weighted by Gasteiger charge is 2.26. The largest absolute Gasteiger partial charge is 0.339 e. The Morgan fingerprint density at radius 1 is 0.824 bits per heavy atom. The number of rotatable bonds is 6. The van der Waals surface area contributed by atoms with E-state index in [4.69, 9.17) is 0 Å². The molecule has 1 aliphatic heterocycles.